The summed E-state index contributed by atoms with van der Waals surface area (Å²) in [6.07, 6.45) is 4.93. The average Bonchev–Trinajstić information content (AvgIpc) is 3.23. The van der Waals surface area contributed by atoms with E-state index >= 15 is 0 Å². The molecule has 1 aromatic rings. The molecule has 0 spiro atoms. The number of nitrogens with zero attached hydrogens (tertiary/aromatic N) is 1. The van der Waals surface area contributed by atoms with Crippen LogP contribution in [0.5, 0.6) is 5.75 Å². The molecule has 0 saturated heterocycles. The molecule has 1 saturated carbocycles. The van der Waals surface area contributed by atoms with Crippen LogP contribution in [0, 0.1) is 0 Å². The number of benzene rings is 1. The lowest BCUT2D eigenvalue weighted by Gasteiger charge is -2.21. The Balaban J connectivity index is 1.61. The normalized spacial score (nSPS) is 15.0. The molecule has 0 atom stereocenters. The van der Waals surface area contributed by atoms with Crippen LogP contribution in [-0.2, 0) is 0 Å². The van der Waals surface area contributed by atoms with Gasteiger partial charge in [0, 0.05) is 12.6 Å². The molecule has 0 amide bonds. The summed E-state index contributed by atoms with van der Waals surface area (Å²) in [5.41, 5.74) is 5.58. The molecule has 0 heterocycles. The van der Waals surface area contributed by atoms with Crippen LogP contribution >= 0.6 is 0 Å². The standard InChI is InChI=1S/C15H24N2O/c16-10-4-11-17(14-8-9-14)12-5-13-18-15-6-2-1-3-7-15/h1-3,6-7,14H,4-5,8-13,16H2. The van der Waals surface area contributed by atoms with Crippen LogP contribution in [0.1, 0.15) is 25.7 Å². The maximum Gasteiger partial charge on any atom is 0.119 e. The molecule has 1 aliphatic carbocycles. The second kappa shape index (κ2) is 7.39. The monoisotopic (exact) mass is 248 g/mol. The average molecular weight is 248 g/mol. The van der Waals surface area contributed by atoms with E-state index in [-0.39, 0.29) is 0 Å². The highest BCUT2D eigenvalue weighted by molar-refractivity contribution is 5.20. The van der Waals surface area contributed by atoms with Gasteiger partial charge < -0.3 is 15.4 Å². The van der Waals surface area contributed by atoms with Crippen LogP contribution in [0.4, 0.5) is 0 Å². The molecule has 2 rings (SSSR count). The summed E-state index contributed by atoms with van der Waals surface area (Å²) >= 11 is 0. The van der Waals surface area contributed by atoms with Gasteiger partial charge in [-0.05, 0) is 50.9 Å². The zero-order chi connectivity index (χ0) is 12.6. The summed E-state index contributed by atoms with van der Waals surface area (Å²) in [6, 6.07) is 10.9. The van der Waals surface area contributed by atoms with Crippen LogP contribution in [-0.4, -0.2) is 37.2 Å². The van der Waals surface area contributed by atoms with Crippen LogP contribution in [0.25, 0.3) is 0 Å². The van der Waals surface area contributed by atoms with Gasteiger partial charge in [0.25, 0.3) is 0 Å². The van der Waals surface area contributed by atoms with E-state index in [0.29, 0.717) is 0 Å². The fourth-order valence-electron chi connectivity index (χ4n) is 2.19. The quantitative estimate of drug-likeness (QED) is 0.681. The van der Waals surface area contributed by atoms with E-state index in [1.54, 1.807) is 0 Å². The van der Waals surface area contributed by atoms with E-state index in [1.165, 1.54) is 12.8 Å². The molecule has 0 aromatic heterocycles. The third-order valence-corrected chi connectivity index (χ3v) is 3.31. The Bertz CT molecular complexity index is 325. The zero-order valence-corrected chi connectivity index (χ0v) is 11.1. The molecule has 100 valence electrons. The molecular formula is C15H24N2O. The summed E-state index contributed by atoms with van der Waals surface area (Å²) in [6.45, 7) is 3.88. The van der Waals surface area contributed by atoms with Crippen molar-refractivity contribution in [2.45, 2.75) is 31.7 Å². The van der Waals surface area contributed by atoms with Crippen molar-refractivity contribution in [2.24, 2.45) is 5.73 Å². The SMILES string of the molecule is NCCCN(CCCOc1ccccc1)C1CC1. The minimum atomic E-state index is 0.795. The predicted molar refractivity (Wildman–Crippen MR) is 74.8 cm³/mol. The molecular weight excluding hydrogens is 224 g/mol. The number of rotatable bonds is 9. The van der Waals surface area contributed by atoms with E-state index in [4.69, 9.17) is 10.5 Å². The van der Waals surface area contributed by atoms with E-state index in [9.17, 15) is 0 Å². The lowest BCUT2D eigenvalue weighted by molar-refractivity contribution is 0.226. The predicted octanol–water partition coefficient (Wildman–Crippen LogP) is 2.27. The molecule has 3 heteroatoms. The smallest absolute Gasteiger partial charge is 0.119 e. The molecule has 0 bridgehead atoms. The Morgan fingerprint density at radius 2 is 1.83 bits per heavy atom. The molecule has 3 nitrogen and oxygen atoms in total. The number of para-hydroxylation sites is 1. The van der Waals surface area contributed by atoms with Gasteiger partial charge in [-0.1, -0.05) is 18.2 Å². The van der Waals surface area contributed by atoms with E-state index in [0.717, 1.165) is 50.9 Å². The second-order valence-corrected chi connectivity index (χ2v) is 4.92. The van der Waals surface area contributed by atoms with Gasteiger partial charge in [-0.3, -0.25) is 0 Å². The van der Waals surface area contributed by atoms with Gasteiger partial charge in [0.1, 0.15) is 5.75 Å². The summed E-state index contributed by atoms with van der Waals surface area (Å²) in [5.74, 6) is 0.970. The van der Waals surface area contributed by atoms with Gasteiger partial charge >= 0.3 is 0 Å². The lowest BCUT2D eigenvalue weighted by Crippen LogP contribution is -2.30. The number of ether oxygens (including phenoxy) is 1. The van der Waals surface area contributed by atoms with E-state index < -0.39 is 0 Å². The van der Waals surface area contributed by atoms with Gasteiger partial charge in [0.15, 0.2) is 0 Å². The van der Waals surface area contributed by atoms with Gasteiger partial charge in [0.2, 0.25) is 0 Å². The van der Waals surface area contributed by atoms with Gasteiger partial charge in [-0.2, -0.15) is 0 Å². The fourth-order valence-corrected chi connectivity index (χ4v) is 2.19. The summed E-state index contributed by atoms with van der Waals surface area (Å²) in [4.78, 5) is 2.57. The third-order valence-electron chi connectivity index (χ3n) is 3.31. The van der Waals surface area contributed by atoms with Crippen molar-refractivity contribution in [2.75, 3.05) is 26.2 Å². The molecule has 1 fully saturated rings. The number of hydrogen-bond acceptors (Lipinski definition) is 3. The maximum absolute atomic E-state index is 5.71. The Labute approximate surface area is 110 Å². The summed E-state index contributed by atoms with van der Waals surface area (Å²) in [5, 5.41) is 0. The van der Waals surface area contributed by atoms with E-state index in [1.807, 2.05) is 30.3 Å². The molecule has 0 aliphatic heterocycles. The van der Waals surface area contributed by atoms with Crippen molar-refractivity contribution in [3.63, 3.8) is 0 Å². The number of hydrogen-bond donors (Lipinski definition) is 1. The largest absolute Gasteiger partial charge is 0.494 e. The van der Waals surface area contributed by atoms with Crippen molar-refractivity contribution in [1.82, 2.24) is 4.90 Å². The molecule has 18 heavy (non-hydrogen) atoms. The van der Waals surface area contributed by atoms with Crippen molar-refractivity contribution in [3.8, 4) is 5.75 Å². The highest BCUT2D eigenvalue weighted by atomic mass is 16.5. The first-order valence-corrected chi connectivity index (χ1v) is 7.02. The van der Waals surface area contributed by atoms with Gasteiger partial charge in [-0.15, -0.1) is 0 Å². The lowest BCUT2D eigenvalue weighted by atomic mass is 10.3. The first-order chi connectivity index (χ1) is 8.90. The molecule has 1 aromatic carbocycles. The van der Waals surface area contributed by atoms with E-state index in [2.05, 4.69) is 4.90 Å². The maximum atomic E-state index is 5.71. The fraction of sp³-hybridized carbons (Fsp3) is 0.600. The van der Waals surface area contributed by atoms with Gasteiger partial charge in [0.05, 0.1) is 6.61 Å². The third kappa shape index (κ3) is 4.67. The van der Waals surface area contributed by atoms with Crippen LogP contribution in [0.2, 0.25) is 0 Å². The minimum Gasteiger partial charge on any atom is -0.494 e. The summed E-state index contributed by atoms with van der Waals surface area (Å²) in [7, 11) is 0. The minimum absolute atomic E-state index is 0.795. The Hall–Kier alpha value is -1.06. The zero-order valence-electron chi connectivity index (χ0n) is 11.1. The van der Waals surface area contributed by atoms with Crippen molar-refractivity contribution in [1.29, 1.82) is 0 Å². The molecule has 0 radical (unpaired) electrons. The van der Waals surface area contributed by atoms with Crippen molar-refractivity contribution >= 4 is 0 Å². The Morgan fingerprint density at radius 3 is 2.50 bits per heavy atom. The molecule has 0 unspecified atom stereocenters. The van der Waals surface area contributed by atoms with Crippen molar-refractivity contribution < 1.29 is 4.74 Å². The molecule has 1 aliphatic rings. The van der Waals surface area contributed by atoms with Gasteiger partial charge in [-0.25, -0.2) is 0 Å². The Kier molecular flexibility index (Phi) is 5.49. The van der Waals surface area contributed by atoms with Crippen LogP contribution in [0.3, 0.4) is 0 Å². The van der Waals surface area contributed by atoms with Crippen LogP contribution < -0.4 is 10.5 Å². The first-order valence-electron chi connectivity index (χ1n) is 7.02. The second-order valence-electron chi connectivity index (χ2n) is 4.92. The molecule has 2 N–H and O–H groups in total. The van der Waals surface area contributed by atoms with Crippen molar-refractivity contribution in [3.05, 3.63) is 30.3 Å². The first kappa shape index (κ1) is 13.4. The highest BCUT2D eigenvalue weighted by Gasteiger charge is 2.27. The number of nitrogens with two attached hydrogens (primary N) is 1. The topological polar surface area (TPSA) is 38.5 Å². The summed E-state index contributed by atoms with van der Waals surface area (Å²) < 4.78 is 5.71. The van der Waals surface area contributed by atoms with Crippen LogP contribution in [0.15, 0.2) is 30.3 Å². The highest BCUT2D eigenvalue weighted by Crippen LogP contribution is 2.26. The Morgan fingerprint density at radius 1 is 1.11 bits per heavy atom.